The first kappa shape index (κ1) is 25.8. The fourth-order valence-electron chi connectivity index (χ4n) is 5.24. The summed E-state index contributed by atoms with van der Waals surface area (Å²) in [6.45, 7) is 6.55. The van der Waals surface area contributed by atoms with Crippen molar-refractivity contribution >= 4 is 5.97 Å². The molecule has 5 rings (SSSR count). The van der Waals surface area contributed by atoms with Crippen LogP contribution in [0.1, 0.15) is 49.1 Å². The average molecular weight is 510 g/mol. The molecule has 0 bridgehead atoms. The van der Waals surface area contributed by atoms with Crippen LogP contribution in [0.15, 0.2) is 77.3 Å². The quantitative estimate of drug-likeness (QED) is 0.209. The highest BCUT2D eigenvalue weighted by molar-refractivity contribution is 5.87. The third-order valence-corrected chi connectivity index (χ3v) is 7.61. The molecular formula is C33H35NO4. The number of esters is 1. The zero-order valence-electron chi connectivity index (χ0n) is 22.6. The Kier molecular flexibility index (Phi) is 7.37. The van der Waals surface area contributed by atoms with Crippen LogP contribution in [0.3, 0.4) is 0 Å². The molecule has 1 unspecified atom stereocenters. The Bertz CT molecular complexity index is 1380. The molecule has 3 aromatic carbocycles. The van der Waals surface area contributed by atoms with E-state index in [0.717, 1.165) is 70.7 Å². The van der Waals surface area contributed by atoms with Crippen molar-refractivity contribution in [3.63, 3.8) is 0 Å². The molecule has 0 saturated heterocycles. The van der Waals surface area contributed by atoms with Crippen LogP contribution >= 0.6 is 0 Å². The van der Waals surface area contributed by atoms with Gasteiger partial charge in [0.15, 0.2) is 5.76 Å². The van der Waals surface area contributed by atoms with Crippen LogP contribution in [-0.4, -0.2) is 24.8 Å². The Labute approximate surface area is 224 Å². The first-order valence-corrected chi connectivity index (χ1v) is 13.4. The molecule has 5 nitrogen and oxygen atoms in total. The Hall–Kier alpha value is -3.86. The topological polar surface area (TPSA) is 61.6 Å². The van der Waals surface area contributed by atoms with Crippen molar-refractivity contribution < 1.29 is 18.8 Å². The van der Waals surface area contributed by atoms with E-state index in [2.05, 4.69) is 72.7 Å². The normalized spacial score (nSPS) is 14.6. The lowest BCUT2D eigenvalue weighted by atomic mass is 9.91. The summed E-state index contributed by atoms with van der Waals surface area (Å²) in [5.74, 6) is 2.05. The SMILES string of the molecule is CCOC(=O)C1(c2ccc(-c3ccc(-c4onc(C)c4CC(C)Cc4ccc(OC)cc4)cc3)cc2)CC1. The highest BCUT2D eigenvalue weighted by atomic mass is 16.5. The molecule has 1 atom stereocenters. The van der Waals surface area contributed by atoms with Crippen LogP contribution in [0.2, 0.25) is 0 Å². The second kappa shape index (κ2) is 10.9. The van der Waals surface area contributed by atoms with Gasteiger partial charge in [-0.15, -0.1) is 0 Å². The second-order valence-electron chi connectivity index (χ2n) is 10.4. The number of nitrogens with zero attached hydrogens (tertiary/aromatic N) is 1. The molecular weight excluding hydrogens is 474 g/mol. The standard InChI is InChI=1S/C33H35NO4/c1-5-37-32(35)33(18-19-33)28-14-12-26(13-15-28)25-8-10-27(11-9-25)31-30(23(3)34-38-31)21-22(2)20-24-6-16-29(36-4)17-7-24/h6-17,22H,5,18-21H2,1-4H3. The molecule has 0 radical (unpaired) electrons. The lowest BCUT2D eigenvalue weighted by Crippen LogP contribution is -2.23. The smallest absolute Gasteiger partial charge is 0.316 e. The summed E-state index contributed by atoms with van der Waals surface area (Å²) in [7, 11) is 1.69. The molecule has 1 saturated carbocycles. The summed E-state index contributed by atoms with van der Waals surface area (Å²) in [5.41, 5.74) is 7.25. The zero-order chi connectivity index (χ0) is 26.7. The van der Waals surface area contributed by atoms with Gasteiger partial charge in [-0.3, -0.25) is 4.79 Å². The molecule has 1 aliphatic carbocycles. The maximum atomic E-state index is 12.4. The molecule has 4 aromatic rings. The van der Waals surface area contributed by atoms with Gasteiger partial charge in [0.25, 0.3) is 0 Å². The van der Waals surface area contributed by atoms with Crippen molar-refractivity contribution in [2.75, 3.05) is 13.7 Å². The third-order valence-electron chi connectivity index (χ3n) is 7.61. The van der Waals surface area contributed by atoms with Crippen molar-refractivity contribution in [2.24, 2.45) is 5.92 Å². The van der Waals surface area contributed by atoms with Crippen molar-refractivity contribution in [3.05, 3.63) is 95.2 Å². The number of hydrogen-bond acceptors (Lipinski definition) is 5. The number of carbonyl (C=O) groups is 1. The monoisotopic (exact) mass is 509 g/mol. The molecule has 5 heteroatoms. The second-order valence-corrected chi connectivity index (χ2v) is 10.4. The van der Waals surface area contributed by atoms with E-state index in [0.29, 0.717) is 12.5 Å². The fourth-order valence-corrected chi connectivity index (χ4v) is 5.24. The van der Waals surface area contributed by atoms with Crippen LogP contribution in [0.25, 0.3) is 22.5 Å². The zero-order valence-corrected chi connectivity index (χ0v) is 22.6. The van der Waals surface area contributed by atoms with Gasteiger partial charge in [0.1, 0.15) is 5.75 Å². The maximum absolute atomic E-state index is 12.4. The highest BCUT2D eigenvalue weighted by Gasteiger charge is 2.52. The molecule has 38 heavy (non-hydrogen) atoms. The van der Waals surface area contributed by atoms with Gasteiger partial charge in [-0.25, -0.2) is 0 Å². The minimum absolute atomic E-state index is 0.103. The van der Waals surface area contributed by atoms with Gasteiger partial charge in [0, 0.05) is 11.1 Å². The summed E-state index contributed by atoms with van der Waals surface area (Å²) in [6, 6.07) is 25.0. The van der Waals surface area contributed by atoms with Crippen LogP contribution in [-0.2, 0) is 27.8 Å². The summed E-state index contributed by atoms with van der Waals surface area (Å²) >= 11 is 0. The number of ether oxygens (including phenoxy) is 2. The predicted octanol–water partition coefficient (Wildman–Crippen LogP) is 7.34. The van der Waals surface area contributed by atoms with E-state index in [1.807, 2.05) is 26.0 Å². The first-order valence-electron chi connectivity index (χ1n) is 13.4. The molecule has 1 aliphatic rings. The predicted molar refractivity (Wildman–Crippen MR) is 149 cm³/mol. The van der Waals surface area contributed by atoms with E-state index in [-0.39, 0.29) is 5.97 Å². The number of aromatic nitrogens is 1. The van der Waals surface area contributed by atoms with Gasteiger partial charge in [-0.1, -0.05) is 72.7 Å². The first-order chi connectivity index (χ1) is 18.4. The van der Waals surface area contributed by atoms with Crippen LogP contribution in [0, 0.1) is 12.8 Å². The summed E-state index contributed by atoms with van der Waals surface area (Å²) in [5, 5.41) is 4.29. The molecule has 1 aromatic heterocycles. The average Bonchev–Trinajstić information content (AvgIpc) is 3.68. The molecule has 0 spiro atoms. The number of hydrogen-bond donors (Lipinski definition) is 0. The lowest BCUT2D eigenvalue weighted by Gasteiger charge is -2.15. The van der Waals surface area contributed by atoms with E-state index in [1.54, 1.807) is 7.11 Å². The van der Waals surface area contributed by atoms with Gasteiger partial charge in [0.05, 0.1) is 24.8 Å². The van der Waals surface area contributed by atoms with Crippen molar-refractivity contribution in [3.8, 4) is 28.2 Å². The Balaban J connectivity index is 1.29. The lowest BCUT2D eigenvalue weighted by molar-refractivity contribution is -0.146. The van der Waals surface area contributed by atoms with Gasteiger partial charge < -0.3 is 14.0 Å². The number of rotatable bonds is 10. The van der Waals surface area contributed by atoms with E-state index in [4.69, 9.17) is 14.0 Å². The van der Waals surface area contributed by atoms with Crippen molar-refractivity contribution in [2.45, 2.75) is 51.9 Å². The van der Waals surface area contributed by atoms with Crippen LogP contribution in [0.4, 0.5) is 0 Å². The van der Waals surface area contributed by atoms with E-state index in [1.165, 1.54) is 5.56 Å². The van der Waals surface area contributed by atoms with Gasteiger partial charge in [-0.2, -0.15) is 0 Å². The van der Waals surface area contributed by atoms with Gasteiger partial charge in [-0.05, 0) is 79.8 Å². The van der Waals surface area contributed by atoms with E-state index < -0.39 is 5.41 Å². The number of carbonyl (C=O) groups excluding carboxylic acids is 1. The molecule has 1 heterocycles. The minimum Gasteiger partial charge on any atom is -0.497 e. The van der Waals surface area contributed by atoms with Gasteiger partial charge in [0.2, 0.25) is 0 Å². The molecule has 0 aliphatic heterocycles. The highest BCUT2D eigenvalue weighted by Crippen LogP contribution is 2.49. The third kappa shape index (κ3) is 5.24. The molecule has 196 valence electrons. The minimum atomic E-state index is -0.441. The van der Waals surface area contributed by atoms with Crippen molar-refractivity contribution in [1.29, 1.82) is 0 Å². The summed E-state index contributed by atoms with van der Waals surface area (Å²) in [6.07, 6.45) is 3.58. The Morgan fingerprint density at radius 1 is 0.921 bits per heavy atom. The summed E-state index contributed by atoms with van der Waals surface area (Å²) < 4.78 is 16.4. The summed E-state index contributed by atoms with van der Waals surface area (Å²) in [4.78, 5) is 12.4. The fraction of sp³-hybridized carbons (Fsp3) is 0.333. The van der Waals surface area contributed by atoms with Crippen LogP contribution < -0.4 is 4.74 Å². The molecule has 0 N–H and O–H groups in total. The largest absolute Gasteiger partial charge is 0.497 e. The maximum Gasteiger partial charge on any atom is 0.316 e. The number of aryl methyl sites for hydroxylation is 1. The molecule has 0 amide bonds. The van der Waals surface area contributed by atoms with E-state index in [9.17, 15) is 4.79 Å². The Morgan fingerprint density at radius 3 is 2.11 bits per heavy atom. The number of methoxy groups -OCH3 is 1. The van der Waals surface area contributed by atoms with Crippen LogP contribution in [0.5, 0.6) is 5.75 Å². The van der Waals surface area contributed by atoms with Gasteiger partial charge >= 0.3 is 5.97 Å². The van der Waals surface area contributed by atoms with E-state index >= 15 is 0 Å². The number of benzene rings is 3. The Morgan fingerprint density at radius 2 is 1.53 bits per heavy atom. The molecule has 1 fully saturated rings. The van der Waals surface area contributed by atoms with Crippen molar-refractivity contribution in [1.82, 2.24) is 5.16 Å².